The first-order valence-corrected chi connectivity index (χ1v) is 7.05. The Labute approximate surface area is 120 Å². The highest BCUT2D eigenvalue weighted by molar-refractivity contribution is 9.10. The number of hydrogen-bond donors (Lipinski definition) is 2. The molecule has 4 nitrogen and oxygen atoms in total. The van der Waals surface area contributed by atoms with Gasteiger partial charge in [0.05, 0.1) is 13.5 Å². The van der Waals surface area contributed by atoms with E-state index in [1.807, 2.05) is 6.92 Å². The van der Waals surface area contributed by atoms with Crippen molar-refractivity contribution >= 4 is 21.9 Å². The predicted molar refractivity (Wildman–Crippen MR) is 74.9 cm³/mol. The van der Waals surface area contributed by atoms with Crippen LogP contribution in [0, 0.1) is 0 Å². The number of phenolic OH excluding ortho intramolecular Hbond substituents is 1. The Morgan fingerprint density at radius 3 is 2.58 bits per heavy atom. The molecule has 2 N–H and O–H groups in total. The number of halogens is 1. The lowest BCUT2D eigenvalue weighted by Gasteiger charge is -2.21. The van der Waals surface area contributed by atoms with Crippen LogP contribution in [-0.2, 0) is 16.6 Å². The summed E-state index contributed by atoms with van der Waals surface area (Å²) in [4.78, 5) is 11.0. The first kappa shape index (κ1) is 14.2. The highest BCUT2D eigenvalue weighted by Crippen LogP contribution is 2.58. The smallest absolute Gasteiger partial charge is 0.304 e. The van der Waals surface area contributed by atoms with Gasteiger partial charge in [-0.05, 0) is 30.9 Å². The first-order valence-electron chi connectivity index (χ1n) is 6.25. The Kier molecular flexibility index (Phi) is 3.76. The van der Waals surface area contributed by atoms with Crippen LogP contribution in [0.25, 0.3) is 0 Å². The molecular weight excluding hydrogens is 312 g/mol. The Bertz CT molecular complexity index is 492. The molecule has 0 spiro atoms. The number of ether oxygens (including phenoxy) is 1. The predicted octanol–water partition coefficient (Wildman–Crippen LogP) is 3.23. The number of aryl methyl sites for hydroxylation is 1. The largest absolute Gasteiger partial charge is 0.504 e. The van der Waals surface area contributed by atoms with Crippen LogP contribution in [0.4, 0.5) is 0 Å². The van der Waals surface area contributed by atoms with E-state index < -0.39 is 11.4 Å². The summed E-state index contributed by atoms with van der Waals surface area (Å²) in [5, 5.41) is 19.4. The summed E-state index contributed by atoms with van der Waals surface area (Å²) in [5.74, 6) is -0.373. The maximum absolute atomic E-state index is 11.0. The lowest BCUT2D eigenvalue weighted by Crippen LogP contribution is -2.15. The first-order chi connectivity index (χ1) is 8.95. The van der Waals surface area contributed by atoms with Crippen LogP contribution in [-0.4, -0.2) is 23.3 Å². The number of phenols is 1. The van der Waals surface area contributed by atoms with E-state index in [2.05, 4.69) is 15.9 Å². The van der Waals surface area contributed by atoms with Crippen LogP contribution in [0.15, 0.2) is 10.5 Å². The van der Waals surface area contributed by atoms with Crippen LogP contribution in [0.3, 0.4) is 0 Å². The monoisotopic (exact) mass is 328 g/mol. The molecule has 1 aromatic rings. The van der Waals surface area contributed by atoms with Gasteiger partial charge < -0.3 is 14.9 Å². The van der Waals surface area contributed by atoms with Gasteiger partial charge in [-0.1, -0.05) is 22.9 Å². The zero-order valence-corrected chi connectivity index (χ0v) is 12.6. The maximum Gasteiger partial charge on any atom is 0.304 e. The molecule has 0 aliphatic heterocycles. The molecule has 0 heterocycles. The van der Waals surface area contributed by atoms with Gasteiger partial charge in [0.2, 0.25) is 0 Å². The molecule has 0 bridgehead atoms. The minimum Gasteiger partial charge on any atom is -0.504 e. The van der Waals surface area contributed by atoms with Crippen LogP contribution in [0.1, 0.15) is 37.3 Å². The second kappa shape index (κ2) is 5.04. The third-order valence-corrected chi connectivity index (χ3v) is 4.66. The van der Waals surface area contributed by atoms with Crippen molar-refractivity contribution in [1.82, 2.24) is 0 Å². The SMILES string of the molecule is CCc1cc(OC)c(O)c(C2(CC(=O)O)CC2)c1Br. The van der Waals surface area contributed by atoms with Gasteiger partial charge in [0.1, 0.15) is 0 Å². The highest BCUT2D eigenvalue weighted by Gasteiger charge is 2.49. The molecule has 1 aliphatic carbocycles. The van der Waals surface area contributed by atoms with E-state index in [4.69, 9.17) is 9.84 Å². The third kappa shape index (κ3) is 2.43. The molecule has 2 rings (SSSR count). The van der Waals surface area contributed by atoms with E-state index in [1.165, 1.54) is 7.11 Å². The molecule has 0 aromatic heterocycles. The average Bonchev–Trinajstić information content (AvgIpc) is 3.09. The number of benzene rings is 1. The molecule has 1 fully saturated rings. The normalized spacial score (nSPS) is 16.2. The summed E-state index contributed by atoms with van der Waals surface area (Å²) < 4.78 is 6.00. The summed E-state index contributed by atoms with van der Waals surface area (Å²) in [5.41, 5.74) is 1.25. The summed E-state index contributed by atoms with van der Waals surface area (Å²) in [6, 6.07) is 1.79. The lowest BCUT2D eigenvalue weighted by atomic mass is 9.89. The van der Waals surface area contributed by atoms with Crippen molar-refractivity contribution < 1.29 is 19.7 Å². The number of methoxy groups -OCH3 is 1. The Balaban J connectivity index is 2.58. The summed E-state index contributed by atoms with van der Waals surface area (Å²) in [6.45, 7) is 2.01. The molecule has 0 atom stereocenters. The molecule has 1 aliphatic rings. The maximum atomic E-state index is 11.0. The van der Waals surface area contributed by atoms with Gasteiger partial charge in [-0.2, -0.15) is 0 Å². The standard InChI is InChI=1S/C14H17BrO4/c1-3-8-6-9(19-2)13(18)11(12(8)15)14(4-5-14)7-10(16)17/h6,18H,3-5,7H2,1-2H3,(H,16,17). The molecule has 0 radical (unpaired) electrons. The summed E-state index contributed by atoms with van der Waals surface area (Å²) in [7, 11) is 1.50. The minimum absolute atomic E-state index is 0.0372. The zero-order valence-electron chi connectivity index (χ0n) is 11.0. The zero-order chi connectivity index (χ0) is 14.2. The van der Waals surface area contributed by atoms with Crippen molar-refractivity contribution in [3.8, 4) is 11.5 Å². The highest BCUT2D eigenvalue weighted by atomic mass is 79.9. The van der Waals surface area contributed by atoms with E-state index in [0.717, 1.165) is 29.3 Å². The van der Waals surface area contributed by atoms with Gasteiger partial charge in [0.15, 0.2) is 11.5 Å². The molecule has 1 saturated carbocycles. The molecule has 0 unspecified atom stereocenters. The van der Waals surface area contributed by atoms with Crippen molar-refractivity contribution in [2.75, 3.05) is 7.11 Å². The summed E-state index contributed by atoms with van der Waals surface area (Å²) in [6.07, 6.45) is 2.38. The van der Waals surface area contributed by atoms with Crippen molar-refractivity contribution in [2.24, 2.45) is 0 Å². The molecule has 19 heavy (non-hydrogen) atoms. The second-order valence-electron chi connectivity index (χ2n) is 4.98. The number of carboxylic acid groups (broad SMARTS) is 1. The quantitative estimate of drug-likeness (QED) is 0.870. The number of aromatic hydroxyl groups is 1. The van der Waals surface area contributed by atoms with E-state index in [9.17, 15) is 9.90 Å². The van der Waals surface area contributed by atoms with Gasteiger partial charge in [-0.15, -0.1) is 0 Å². The van der Waals surface area contributed by atoms with Crippen molar-refractivity contribution in [3.63, 3.8) is 0 Å². The minimum atomic E-state index is -0.843. The second-order valence-corrected chi connectivity index (χ2v) is 5.77. The molecule has 104 valence electrons. The van der Waals surface area contributed by atoms with Crippen molar-refractivity contribution in [2.45, 2.75) is 38.0 Å². The van der Waals surface area contributed by atoms with Crippen LogP contribution >= 0.6 is 15.9 Å². The average molecular weight is 329 g/mol. The fourth-order valence-electron chi connectivity index (χ4n) is 2.53. The Morgan fingerprint density at radius 2 is 2.16 bits per heavy atom. The van der Waals surface area contributed by atoms with E-state index in [1.54, 1.807) is 6.07 Å². The van der Waals surface area contributed by atoms with Gasteiger partial charge in [0.25, 0.3) is 0 Å². The fourth-order valence-corrected chi connectivity index (χ4v) is 3.53. The molecular formula is C14H17BrO4. The van der Waals surface area contributed by atoms with E-state index in [-0.39, 0.29) is 12.2 Å². The lowest BCUT2D eigenvalue weighted by molar-refractivity contribution is -0.137. The van der Waals surface area contributed by atoms with E-state index >= 15 is 0 Å². The number of aliphatic carboxylic acids is 1. The van der Waals surface area contributed by atoms with Crippen LogP contribution < -0.4 is 4.74 Å². The number of rotatable bonds is 5. The van der Waals surface area contributed by atoms with Gasteiger partial charge in [-0.3, -0.25) is 4.79 Å². The number of hydrogen-bond acceptors (Lipinski definition) is 3. The van der Waals surface area contributed by atoms with Gasteiger partial charge >= 0.3 is 5.97 Å². The van der Waals surface area contributed by atoms with Crippen LogP contribution in [0.2, 0.25) is 0 Å². The van der Waals surface area contributed by atoms with Gasteiger partial charge in [-0.25, -0.2) is 0 Å². The third-order valence-electron chi connectivity index (χ3n) is 3.75. The van der Waals surface area contributed by atoms with Gasteiger partial charge in [0, 0.05) is 15.5 Å². The Morgan fingerprint density at radius 1 is 1.53 bits per heavy atom. The van der Waals surface area contributed by atoms with E-state index in [0.29, 0.717) is 11.3 Å². The molecule has 0 amide bonds. The molecule has 1 aromatic carbocycles. The van der Waals surface area contributed by atoms with Crippen molar-refractivity contribution in [1.29, 1.82) is 0 Å². The number of carbonyl (C=O) groups is 1. The Hall–Kier alpha value is -1.23. The molecule has 5 heteroatoms. The summed E-state index contributed by atoms with van der Waals surface area (Å²) >= 11 is 3.51. The van der Waals surface area contributed by atoms with Crippen LogP contribution in [0.5, 0.6) is 11.5 Å². The fraction of sp³-hybridized carbons (Fsp3) is 0.500. The molecule has 0 saturated heterocycles. The number of carboxylic acids is 1. The topological polar surface area (TPSA) is 66.8 Å². The van der Waals surface area contributed by atoms with Crippen molar-refractivity contribution in [3.05, 3.63) is 21.7 Å².